The molecule has 1 amide bonds. The van der Waals surface area contributed by atoms with Gasteiger partial charge >= 0.3 is 6.09 Å². The molecule has 0 aliphatic rings. The molecule has 0 bridgehead atoms. The van der Waals surface area contributed by atoms with Crippen molar-refractivity contribution in [2.75, 3.05) is 7.11 Å². The Morgan fingerprint density at radius 3 is 2.58 bits per heavy atom. The molecule has 1 unspecified atom stereocenters. The zero-order valence-electron chi connectivity index (χ0n) is 7.63. The lowest BCUT2D eigenvalue weighted by atomic mass is 10.1. The highest BCUT2D eigenvalue weighted by Gasteiger charge is 2.12. The van der Waals surface area contributed by atoms with E-state index in [1.54, 1.807) is 0 Å². The lowest BCUT2D eigenvalue weighted by Crippen LogP contribution is -2.34. The Kier molecular flexibility index (Phi) is 4.86. The van der Waals surface area contributed by atoms with Gasteiger partial charge in [0.2, 0.25) is 0 Å². The van der Waals surface area contributed by atoms with Crippen LogP contribution in [0.25, 0.3) is 0 Å². The number of alkyl carbamates (subject to hydrolysis) is 1. The number of hydrogen-bond donors (Lipinski definition) is 1. The van der Waals surface area contributed by atoms with Gasteiger partial charge in [0.25, 0.3) is 0 Å². The number of nitrogens with one attached hydrogen (secondary N) is 1. The van der Waals surface area contributed by atoms with Crippen LogP contribution in [0.2, 0.25) is 0 Å². The Hall–Kier alpha value is -1.24. The van der Waals surface area contributed by atoms with Gasteiger partial charge in [-0.1, -0.05) is 13.8 Å². The van der Waals surface area contributed by atoms with Crippen LogP contribution in [0.15, 0.2) is 0 Å². The first-order chi connectivity index (χ1) is 5.60. The first kappa shape index (κ1) is 10.8. The molecular formula is C8H14N2O2. The smallest absolute Gasteiger partial charge is 0.407 e. The van der Waals surface area contributed by atoms with Crippen LogP contribution in [-0.2, 0) is 4.74 Å². The molecule has 0 saturated carbocycles. The molecule has 0 aromatic carbocycles. The Labute approximate surface area is 72.5 Å². The average molecular weight is 170 g/mol. The number of amides is 1. The minimum absolute atomic E-state index is 0.381. The van der Waals surface area contributed by atoms with E-state index < -0.39 is 12.1 Å². The molecule has 1 atom stereocenters. The molecule has 0 fully saturated rings. The second-order valence-corrected chi connectivity index (χ2v) is 2.95. The second kappa shape index (κ2) is 5.42. The van der Waals surface area contributed by atoms with Gasteiger partial charge in [-0.15, -0.1) is 0 Å². The summed E-state index contributed by atoms with van der Waals surface area (Å²) in [6.07, 6.45) is 0.0909. The highest BCUT2D eigenvalue weighted by molar-refractivity contribution is 5.67. The van der Waals surface area contributed by atoms with Gasteiger partial charge in [0.05, 0.1) is 13.2 Å². The monoisotopic (exact) mass is 170 g/mol. The van der Waals surface area contributed by atoms with Crippen LogP contribution in [0.4, 0.5) is 4.79 Å². The number of hydrogen-bond acceptors (Lipinski definition) is 3. The first-order valence-electron chi connectivity index (χ1n) is 3.84. The van der Waals surface area contributed by atoms with Gasteiger partial charge in [-0.05, 0) is 12.3 Å². The molecule has 0 aliphatic heterocycles. The van der Waals surface area contributed by atoms with Crippen LogP contribution >= 0.6 is 0 Å². The molecule has 1 N–H and O–H groups in total. The summed E-state index contributed by atoms with van der Waals surface area (Å²) < 4.78 is 4.36. The molecule has 68 valence electrons. The van der Waals surface area contributed by atoms with Crippen LogP contribution in [0.5, 0.6) is 0 Å². The van der Waals surface area contributed by atoms with Crippen molar-refractivity contribution in [1.29, 1.82) is 5.26 Å². The highest BCUT2D eigenvalue weighted by Crippen LogP contribution is 2.03. The van der Waals surface area contributed by atoms with E-state index >= 15 is 0 Å². The van der Waals surface area contributed by atoms with E-state index in [0.717, 1.165) is 0 Å². The van der Waals surface area contributed by atoms with E-state index in [4.69, 9.17) is 5.26 Å². The van der Waals surface area contributed by atoms with E-state index in [2.05, 4.69) is 10.1 Å². The number of rotatable bonds is 3. The number of ether oxygens (including phenoxy) is 1. The van der Waals surface area contributed by atoms with Gasteiger partial charge in [0, 0.05) is 0 Å². The van der Waals surface area contributed by atoms with Crippen LogP contribution in [-0.4, -0.2) is 19.2 Å². The first-order valence-corrected chi connectivity index (χ1v) is 3.84. The summed E-state index contributed by atoms with van der Waals surface area (Å²) >= 11 is 0. The van der Waals surface area contributed by atoms with Gasteiger partial charge in [0.15, 0.2) is 0 Å². The van der Waals surface area contributed by atoms with E-state index in [0.29, 0.717) is 12.3 Å². The van der Waals surface area contributed by atoms with Crippen LogP contribution in [0.1, 0.15) is 20.3 Å². The summed E-state index contributed by atoms with van der Waals surface area (Å²) in [6.45, 7) is 3.98. The maximum absolute atomic E-state index is 10.7. The summed E-state index contributed by atoms with van der Waals surface area (Å²) in [7, 11) is 1.28. The van der Waals surface area contributed by atoms with Crippen LogP contribution < -0.4 is 5.32 Å². The predicted molar refractivity (Wildman–Crippen MR) is 44.4 cm³/mol. The molecule has 0 aromatic heterocycles. The zero-order valence-corrected chi connectivity index (χ0v) is 7.63. The molecular weight excluding hydrogens is 156 g/mol. The second-order valence-electron chi connectivity index (χ2n) is 2.95. The summed E-state index contributed by atoms with van der Waals surface area (Å²) in [5.74, 6) is 0.381. The third kappa shape index (κ3) is 4.56. The molecule has 4 heteroatoms. The fourth-order valence-corrected chi connectivity index (χ4v) is 0.816. The molecule has 4 nitrogen and oxygen atoms in total. The summed E-state index contributed by atoms with van der Waals surface area (Å²) in [4.78, 5) is 10.7. The van der Waals surface area contributed by atoms with Crippen molar-refractivity contribution >= 4 is 6.09 Å². The van der Waals surface area contributed by atoms with Crippen LogP contribution in [0, 0.1) is 17.2 Å². The van der Waals surface area contributed by atoms with E-state index in [1.165, 1.54) is 7.11 Å². The fraction of sp³-hybridized carbons (Fsp3) is 0.750. The molecule has 0 heterocycles. The van der Waals surface area contributed by atoms with E-state index in [1.807, 2.05) is 19.9 Å². The number of carbonyl (C=O) groups is 1. The summed E-state index contributed by atoms with van der Waals surface area (Å²) in [6, 6.07) is 1.54. The molecule has 12 heavy (non-hydrogen) atoms. The highest BCUT2D eigenvalue weighted by atomic mass is 16.5. The standard InChI is InChI=1S/C8H14N2O2/c1-6(2)4-7(5-9)10-8(11)12-3/h6-7H,4H2,1-3H3,(H,10,11). The topological polar surface area (TPSA) is 62.1 Å². The molecule has 0 saturated heterocycles. The Morgan fingerprint density at radius 2 is 2.25 bits per heavy atom. The fourth-order valence-electron chi connectivity index (χ4n) is 0.816. The van der Waals surface area contributed by atoms with Crippen molar-refractivity contribution in [3.8, 4) is 6.07 Å². The number of nitriles is 1. The molecule has 0 aliphatic carbocycles. The largest absolute Gasteiger partial charge is 0.453 e. The summed E-state index contributed by atoms with van der Waals surface area (Å²) in [5, 5.41) is 11.0. The van der Waals surface area contributed by atoms with Crippen molar-refractivity contribution in [1.82, 2.24) is 5.32 Å². The molecule has 0 rings (SSSR count). The molecule has 0 radical (unpaired) electrons. The zero-order chi connectivity index (χ0) is 9.56. The van der Waals surface area contributed by atoms with Crippen molar-refractivity contribution in [3.05, 3.63) is 0 Å². The van der Waals surface area contributed by atoms with E-state index in [-0.39, 0.29) is 0 Å². The Balaban J connectivity index is 3.85. The van der Waals surface area contributed by atoms with Gasteiger partial charge in [0.1, 0.15) is 6.04 Å². The quantitative estimate of drug-likeness (QED) is 0.694. The maximum Gasteiger partial charge on any atom is 0.407 e. The minimum Gasteiger partial charge on any atom is -0.453 e. The third-order valence-electron chi connectivity index (χ3n) is 1.34. The molecule has 0 aromatic rings. The molecule has 0 spiro atoms. The third-order valence-corrected chi connectivity index (χ3v) is 1.34. The minimum atomic E-state index is -0.554. The lowest BCUT2D eigenvalue weighted by molar-refractivity contribution is 0.168. The van der Waals surface area contributed by atoms with Gasteiger partial charge in [-0.3, -0.25) is 0 Å². The Morgan fingerprint density at radius 1 is 1.67 bits per heavy atom. The van der Waals surface area contributed by atoms with Crippen molar-refractivity contribution in [2.24, 2.45) is 5.92 Å². The number of carbonyl (C=O) groups excluding carboxylic acids is 1. The predicted octanol–water partition coefficient (Wildman–Crippen LogP) is 1.28. The van der Waals surface area contributed by atoms with Crippen molar-refractivity contribution in [2.45, 2.75) is 26.3 Å². The maximum atomic E-state index is 10.7. The van der Waals surface area contributed by atoms with Crippen LogP contribution in [0.3, 0.4) is 0 Å². The SMILES string of the molecule is COC(=O)NC(C#N)CC(C)C. The number of methoxy groups -OCH3 is 1. The van der Waals surface area contributed by atoms with Crippen molar-refractivity contribution < 1.29 is 9.53 Å². The Bertz CT molecular complexity index is 184. The van der Waals surface area contributed by atoms with Crippen molar-refractivity contribution in [3.63, 3.8) is 0 Å². The average Bonchev–Trinajstić information content (AvgIpc) is 2.02. The van der Waals surface area contributed by atoms with Gasteiger partial charge < -0.3 is 10.1 Å². The van der Waals surface area contributed by atoms with E-state index in [9.17, 15) is 4.79 Å². The lowest BCUT2D eigenvalue weighted by Gasteiger charge is -2.11. The van der Waals surface area contributed by atoms with Gasteiger partial charge in [-0.25, -0.2) is 4.79 Å². The summed E-state index contributed by atoms with van der Waals surface area (Å²) in [5.41, 5.74) is 0. The number of nitrogens with zero attached hydrogens (tertiary/aromatic N) is 1. The normalized spacial score (nSPS) is 11.9. The van der Waals surface area contributed by atoms with Gasteiger partial charge in [-0.2, -0.15) is 5.26 Å².